The molecule has 4 nitrogen and oxygen atoms in total. The Morgan fingerprint density at radius 2 is 2.29 bits per heavy atom. The Hall–Kier alpha value is -0.810. The van der Waals surface area contributed by atoms with E-state index in [9.17, 15) is 0 Å². The summed E-state index contributed by atoms with van der Waals surface area (Å²) in [6, 6.07) is 5.90. The second-order valence-corrected chi connectivity index (χ2v) is 5.54. The number of hydrogen-bond acceptors (Lipinski definition) is 4. The van der Waals surface area contributed by atoms with Crippen LogP contribution in [-0.4, -0.2) is 25.2 Å². The van der Waals surface area contributed by atoms with E-state index in [-0.39, 0.29) is 11.5 Å². The Morgan fingerprint density at radius 1 is 1.53 bits per heavy atom. The third-order valence-corrected chi connectivity index (χ3v) is 3.36. The SMILES string of the molecule is CN=NC(CC1(C)COC1)c1cccc(Br)n1. The third kappa shape index (κ3) is 3.10. The zero-order valence-electron chi connectivity index (χ0n) is 10.1. The molecule has 0 spiro atoms. The van der Waals surface area contributed by atoms with Gasteiger partial charge in [-0.3, -0.25) is 0 Å². The lowest BCUT2D eigenvalue weighted by Gasteiger charge is -2.39. The molecule has 0 saturated carbocycles. The first-order chi connectivity index (χ1) is 8.13. The average Bonchev–Trinajstić information content (AvgIpc) is 2.26. The Labute approximate surface area is 110 Å². The van der Waals surface area contributed by atoms with E-state index < -0.39 is 0 Å². The number of ether oxygens (including phenoxy) is 1. The van der Waals surface area contributed by atoms with Gasteiger partial charge in [-0.25, -0.2) is 4.98 Å². The van der Waals surface area contributed by atoms with Crippen LogP contribution in [-0.2, 0) is 4.74 Å². The van der Waals surface area contributed by atoms with Crippen LogP contribution in [0.1, 0.15) is 25.1 Å². The molecule has 2 rings (SSSR count). The molecule has 1 atom stereocenters. The average molecular weight is 298 g/mol. The van der Waals surface area contributed by atoms with Crippen molar-refractivity contribution in [2.45, 2.75) is 19.4 Å². The van der Waals surface area contributed by atoms with E-state index in [1.165, 1.54) is 0 Å². The van der Waals surface area contributed by atoms with Gasteiger partial charge in [0.1, 0.15) is 10.6 Å². The molecule has 1 aromatic heterocycles. The van der Waals surface area contributed by atoms with Crippen molar-refractivity contribution in [3.63, 3.8) is 0 Å². The van der Waals surface area contributed by atoms with Crippen LogP contribution in [0.5, 0.6) is 0 Å². The number of rotatable bonds is 4. The van der Waals surface area contributed by atoms with Gasteiger partial charge < -0.3 is 4.74 Å². The highest BCUT2D eigenvalue weighted by Crippen LogP contribution is 2.38. The Morgan fingerprint density at radius 3 is 2.82 bits per heavy atom. The van der Waals surface area contributed by atoms with E-state index in [0.29, 0.717) is 0 Å². The fourth-order valence-electron chi connectivity index (χ4n) is 1.99. The van der Waals surface area contributed by atoms with Crippen LogP contribution in [0.3, 0.4) is 0 Å². The van der Waals surface area contributed by atoms with E-state index in [2.05, 4.69) is 38.1 Å². The molecule has 0 radical (unpaired) electrons. The molecule has 0 aliphatic carbocycles. The van der Waals surface area contributed by atoms with Crippen LogP contribution < -0.4 is 0 Å². The van der Waals surface area contributed by atoms with Crippen LogP contribution in [0.4, 0.5) is 0 Å². The van der Waals surface area contributed by atoms with Crippen molar-refractivity contribution < 1.29 is 4.74 Å². The van der Waals surface area contributed by atoms with Crippen molar-refractivity contribution in [1.82, 2.24) is 4.98 Å². The minimum atomic E-state index is 0.0198. The van der Waals surface area contributed by atoms with E-state index in [1.807, 2.05) is 18.2 Å². The van der Waals surface area contributed by atoms with Crippen molar-refractivity contribution in [1.29, 1.82) is 0 Å². The summed E-state index contributed by atoms with van der Waals surface area (Å²) in [5.41, 5.74) is 1.17. The maximum Gasteiger partial charge on any atom is 0.113 e. The summed E-state index contributed by atoms with van der Waals surface area (Å²) < 4.78 is 6.11. The summed E-state index contributed by atoms with van der Waals surface area (Å²) in [7, 11) is 1.70. The van der Waals surface area contributed by atoms with Gasteiger partial charge in [0.2, 0.25) is 0 Å². The van der Waals surface area contributed by atoms with E-state index >= 15 is 0 Å². The molecule has 0 N–H and O–H groups in total. The highest BCUT2D eigenvalue weighted by Gasteiger charge is 2.36. The molecule has 2 heterocycles. The maximum atomic E-state index is 5.27. The molecule has 1 aromatic rings. The Kier molecular flexibility index (Phi) is 3.89. The number of hydrogen-bond donors (Lipinski definition) is 0. The van der Waals surface area contributed by atoms with Crippen molar-refractivity contribution in [2.24, 2.45) is 15.6 Å². The second-order valence-electron chi connectivity index (χ2n) is 4.72. The van der Waals surface area contributed by atoms with Gasteiger partial charge in [0.15, 0.2) is 0 Å². The zero-order valence-corrected chi connectivity index (χ0v) is 11.6. The Balaban J connectivity index is 2.16. The summed E-state index contributed by atoms with van der Waals surface area (Å²) in [6.07, 6.45) is 0.924. The van der Waals surface area contributed by atoms with E-state index in [1.54, 1.807) is 7.05 Å². The number of azo groups is 1. The molecule has 0 bridgehead atoms. The number of nitrogens with zero attached hydrogens (tertiary/aromatic N) is 3. The zero-order chi connectivity index (χ0) is 12.3. The van der Waals surface area contributed by atoms with Crippen LogP contribution in [0.2, 0.25) is 0 Å². The van der Waals surface area contributed by atoms with Gasteiger partial charge in [0.25, 0.3) is 0 Å². The van der Waals surface area contributed by atoms with Gasteiger partial charge in [-0.1, -0.05) is 13.0 Å². The molecular formula is C12H16BrN3O. The number of aromatic nitrogens is 1. The number of halogens is 1. The fraction of sp³-hybridized carbons (Fsp3) is 0.583. The second kappa shape index (κ2) is 5.23. The first-order valence-electron chi connectivity index (χ1n) is 5.62. The largest absolute Gasteiger partial charge is 0.380 e. The summed E-state index contributed by atoms with van der Waals surface area (Å²) in [5.74, 6) is 0. The van der Waals surface area contributed by atoms with Gasteiger partial charge in [-0.05, 0) is 34.5 Å². The maximum absolute atomic E-state index is 5.27. The minimum absolute atomic E-state index is 0.0198. The first kappa shape index (κ1) is 12.6. The van der Waals surface area contributed by atoms with Crippen molar-refractivity contribution >= 4 is 15.9 Å². The van der Waals surface area contributed by atoms with Gasteiger partial charge in [0.05, 0.1) is 18.9 Å². The molecule has 1 fully saturated rings. The van der Waals surface area contributed by atoms with Gasteiger partial charge in [0, 0.05) is 12.5 Å². The normalized spacial score (nSPS) is 20.2. The number of pyridine rings is 1. The molecule has 1 aliphatic heterocycles. The van der Waals surface area contributed by atoms with Crippen LogP contribution >= 0.6 is 15.9 Å². The smallest absolute Gasteiger partial charge is 0.113 e. The predicted octanol–water partition coefficient (Wildman–Crippen LogP) is 3.39. The Bertz CT molecular complexity index is 418. The van der Waals surface area contributed by atoms with Gasteiger partial charge in [-0.2, -0.15) is 10.2 Å². The first-order valence-corrected chi connectivity index (χ1v) is 6.41. The van der Waals surface area contributed by atoms with Gasteiger partial charge >= 0.3 is 0 Å². The standard InChI is InChI=1S/C12H16BrN3O/c1-12(7-17-8-12)6-10(16-14-2)9-4-3-5-11(13)15-9/h3-5,10H,6-8H2,1-2H3. The molecule has 1 aliphatic rings. The third-order valence-electron chi connectivity index (χ3n) is 2.92. The van der Waals surface area contributed by atoms with Crippen molar-refractivity contribution in [3.05, 3.63) is 28.5 Å². The molecule has 17 heavy (non-hydrogen) atoms. The van der Waals surface area contributed by atoms with Crippen LogP contribution in [0, 0.1) is 5.41 Å². The van der Waals surface area contributed by atoms with Crippen LogP contribution in [0.25, 0.3) is 0 Å². The molecule has 92 valence electrons. The van der Waals surface area contributed by atoms with Gasteiger partial charge in [-0.15, -0.1) is 0 Å². The quantitative estimate of drug-likeness (QED) is 0.632. The fourth-order valence-corrected chi connectivity index (χ4v) is 2.35. The topological polar surface area (TPSA) is 46.8 Å². The lowest BCUT2D eigenvalue weighted by atomic mass is 9.81. The lowest BCUT2D eigenvalue weighted by Crippen LogP contribution is -2.40. The molecule has 1 unspecified atom stereocenters. The molecule has 0 amide bonds. The van der Waals surface area contributed by atoms with Crippen molar-refractivity contribution in [2.75, 3.05) is 20.3 Å². The lowest BCUT2D eigenvalue weighted by molar-refractivity contribution is -0.109. The van der Waals surface area contributed by atoms with Crippen molar-refractivity contribution in [3.8, 4) is 0 Å². The molecule has 0 aromatic carbocycles. The highest BCUT2D eigenvalue weighted by atomic mass is 79.9. The van der Waals surface area contributed by atoms with E-state index in [4.69, 9.17) is 4.74 Å². The minimum Gasteiger partial charge on any atom is -0.380 e. The summed E-state index contributed by atoms with van der Waals surface area (Å²) in [6.45, 7) is 3.82. The predicted molar refractivity (Wildman–Crippen MR) is 69.0 cm³/mol. The summed E-state index contributed by atoms with van der Waals surface area (Å²) in [4.78, 5) is 4.46. The molecular weight excluding hydrogens is 282 g/mol. The molecule has 5 heteroatoms. The highest BCUT2D eigenvalue weighted by molar-refractivity contribution is 9.10. The monoisotopic (exact) mass is 297 g/mol. The molecule has 1 saturated heterocycles. The summed E-state index contributed by atoms with van der Waals surface area (Å²) >= 11 is 3.38. The van der Waals surface area contributed by atoms with E-state index in [0.717, 1.165) is 29.9 Å². The van der Waals surface area contributed by atoms with Crippen LogP contribution in [0.15, 0.2) is 33.0 Å². The summed E-state index contributed by atoms with van der Waals surface area (Å²) in [5, 5.41) is 8.20.